The summed E-state index contributed by atoms with van der Waals surface area (Å²) in [5.74, 6) is 0. The quantitative estimate of drug-likeness (QED) is 0.541. The number of hydrogen-bond donors (Lipinski definition) is 0. The molecule has 10 heavy (non-hydrogen) atoms. The number of nitrogens with zero attached hydrogens (tertiary/aromatic N) is 1. The molecule has 0 aliphatic carbocycles. The van der Waals surface area contributed by atoms with Gasteiger partial charge >= 0.3 is 0 Å². The van der Waals surface area contributed by atoms with Crippen molar-refractivity contribution >= 4 is 0 Å². The predicted molar refractivity (Wildman–Crippen MR) is 47.1 cm³/mol. The van der Waals surface area contributed by atoms with Crippen LogP contribution in [0.5, 0.6) is 0 Å². The second kappa shape index (κ2) is 5.24. The molecule has 0 aliphatic heterocycles. The first-order valence-corrected chi connectivity index (χ1v) is 3.60. The molecular weight excluding hydrogens is 122 g/mol. The normalized spacial score (nSPS) is 13.5. The fourth-order valence-corrected chi connectivity index (χ4v) is 0.812. The van der Waals surface area contributed by atoms with Crippen LogP contribution in [-0.4, -0.2) is 25.5 Å². The number of hydrogen-bond acceptors (Lipinski definition) is 1. The molecule has 1 nitrogen and oxygen atoms in total. The molecule has 0 aromatic rings. The van der Waals surface area contributed by atoms with Gasteiger partial charge in [0, 0.05) is 6.54 Å². The van der Waals surface area contributed by atoms with E-state index < -0.39 is 0 Å². The Morgan fingerprint density at radius 1 is 1.40 bits per heavy atom. The second-order valence-corrected chi connectivity index (χ2v) is 2.78. The zero-order valence-corrected chi connectivity index (χ0v) is 7.39. The molecule has 1 heteroatoms. The summed E-state index contributed by atoms with van der Waals surface area (Å²) in [6, 6.07) is 0. The highest BCUT2D eigenvalue weighted by Crippen LogP contribution is 1.93. The summed E-state index contributed by atoms with van der Waals surface area (Å²) in [5.41, 5.74) is 1.39. The first-order chi connectivity index (χ1) is 4.66. The van der Waals surface area contributed by atoms with Crippen LogP contribution in [0.3, 0.4) is 0 Å². The van der Waals surface area contributed by atoms with Crippen LogP contribution in [0, 0.1) is 0 Å². The zero-order valence-electron chi connectivity index (χ0n) is 7.39. The van der Waals surface area contributed by atoms with E-state index in [9.17, 15) is 0 Å². The highest BCUT2D eigenvalue weighted by molar-refractivity contribution is 5.10. The first kappa shape index (κ1) is 9.44. The Labute approximate surface area is 64.0 Å². The van der Waals surface area contributed by atoms with E-state index in [1.807, 2.05) is 13.0 Å². The van der Waals surface area contributed by atoms with E-state index >= 15 is 0 Å². The number of rotatable bonds is 3. The lowest BCUT2D eigenvalue weighted by Gasteiger charge is -2.08. The topological polar surface area (TPSA) is 3.24 Å². The molecular formula is C9H17N. The molecule has 0 aliphatic rings. The van der Waals surface area contributed by atoms with E-state index in [-0.39, 0.29) is 0 Å². The van der Waals surface area contributed by atoms with Gasteiger partial charge in [0.15, 0.2) is 0 Å². The largest absolute Gasteiger partial charge is 0.305 e. The predicted octanol–water partition coefficient (Wildman–Crippen LogP) is 2.07. The third-order valence-electron chi connectivity index (χ3n) is 1.14. The maximum Gasteiger partial charge on any atom is 0.0187 e. The van der Waals surface area contributed by atoms with E-state index in [1.54, 1.807) is 0 Å². The SMILES string of the molecule is C/C=C\C=C(\C)CN(C)C. The monoisotopic (exact) mass is 139 g/mol. The summed E-state index contributed by atoms with van der Waals surface area (Å²) in [6.07, 6.45) is 6.25. The zero-order chi connectivity index (χ0) is 7.98. The van der Waals surface area contributed by atoms with E-state index in [0.29, 0.717) is 0 Å². The Kier molecular flexibility index (Phi) is 4.95. The second-order valence-electron chi connectivity index (χ2n) is 2.78. The smallest absolute Gasteiger partial charge is 0.0187 e. The standard InChI is InChI=1S/C9H17N/c1-5-6-7-9(2)8-10(3)4/h5-7H,8H2,1-4H3/b6-5-,9-7-. The molecule has 0 rings (SSSR count). The van der Waals surface area contributed by atoms with Crippen LogP contribution in [0.25, 0.3) is 0 Å². The molecule has 0 atom stereocenters. The van der Waals surface area contributed by atoms with Crippen molar-refractivity contribution in [3.63, 3.8) is 0 Å². The Balaban J connectivity index is 3.71. The summed E-state index contributed by atoms with van der Waals surface area (Å²) in [6.45, 7) is 5.21. The van der Waals surface area contributed by atoms with Gasteiger partial charge in [-0.15, -0.1) is 0 Å². The van der Waals surface area contributed by atoms with Crippen molar-refractivity contribution in [2.24, 2.45) is 0 Å². The molecule has 0 radical (unpaired) electrons. The van der Waals surface area contributed by atoms with Gasteiger partial charge in [-0.2, -0.15) is 0 Å². The van der Waals surface area contributed by atoms with Gasteiger partial charge < -0.3 is 4.90 Å². The Morgan fingerprint density at radius 2 is 2.00 bits per heavy atom. The molecule has 0 bridgehead atoms. The summed E-state index contributed by atoms with van der Waals surface area (Å²) in [4.78, 5) is 2.16. The molecule has 0 N–H and O–H groups in total. The van der Waals surface area contributed by atoms with Gasteiger partial charge in [-0.25, -0.2) is 0 Å². The van der Waals surface area contributed by atoms with Gasteiger partial charge in [0.1, 0.15) is 0 Å². The van der Waals surface area contributed by atoms with Crippen LogP contribution in [0.4, 0.5) is 0 Å². The van der Waals surface area contributed by atoms with Crippen LogP contribution >= 0.6 is 0 Å². The molecule has 58 valence electrons. The molecule has 0 aromatic carbocycles. The molecule has 0 amide bonds. The van der Waals surface area contributed by atoms with E-state index in [2.05, 4.69) is 38.1 Å². The average molecular weight is 139 g/mol. The van der Waals surface area contributed by atoms with Crippen molar-refractivity contribution in [2.75, 3.05) is 20.6 Å². The average Bonchev–Trinajstić information content (AvgIpc) is 1.82. The van der Waals surface area contributed by atoms with Crippen molar-refractivity contribution in [1.82, 2.24) is 4.90 Å². The lowest BCUT2D eigenvalue weighted by Crippen LogP contribution is -2.13. The van der Waals surface area contributed by atoms with Crippen molar-refractivity contribution < 1.29 is 0 Å². The Morgan fingerprint density at radius 3 is 2.40 bits per heavy atom. The van der Waals surface area contributed by atoms with Crippen molar-refractivity contribution in [3.8, 4) is 0 Å². The fourth-order valence-electron chi connectivity index (χ4n) is 0.812. The molecule has 0 saturated heterocycles. The number of likely N-dealkylation sites (N-methyl/N-ethyl adjacent to an activating group) is 1. The van der Waals surface area contributed by atoms with Crippen LogP contribution in [0.1, 0.15) is 13.8 Å². The maximum atomic E-state index is 2.16. The van der Waals surface area contributed by atoms with Crippen molar-refractivity contribution in [1.29, 1.82) is 0 Å². The molecule has 0 unspecified atom stereocenters. The van der Waals surface area contributed by atoms with Crippen LogP contribution in [-0.2, 0) is 0 Å². The molecule has 0 saturated carbocycles. The Hall–Kier alpha value is -0.560. The summed E-state index contributed by atoms with van der Waals surface area (Å²) in [7, 11) is 4.15. The maximum absolute atomic E-state index is 2.16. The van der Waals surface area contributed by atoms with Crippen LogP contribution < -0.4 is 0 Å². The van der Waals surface area contributed by atoms with Gasteiger partial charge in [0.05, 0.1) is 0 Å². The van der Waals surface area contributed by atoms with Gasteiger partial charge in [-0.1, -0.05) is 23.8 Å². The minimum absolute atomic E-state index is 1.05. The van der Waals surface area contributed by atoms with E-state index in [4.69, 9.17) is 0 Å². The van der Waals surface area contributed by atoms with Crippen LogP contribution in [0.15, 0.2) is 23.8 Å². The van der Waals surface area contributed by atoms with E-state index in [1.165, 1.54) is 5.57 Å². The lowest BCUT2D eigenvalue weighted by molar-refractivity contribution is 0.445. The van der Waals surface area contributed by atoms with Gasteiger partial charge in [-0.3, -0.25) is 0 Å². The van der Waals surface area contributed by atoms with Gasteiger partial charge in [0.25, 0.3) is 0 Å². The molecule has 0 spiro atoms. The first-order valence-electron chi connectivity index (χ1n) is 3.60. The van der Waals surface area contributed by atoms with Gasteiger partial charge in [-0.05, 0) is 27.9 Å². The Bertz CT molecular complexity index is 132. The third kappa shape index (κ3) is 5.57. The minimum atomic E-state index is 1.05. The van der Waals surface area contributed by atoms with Crippen molar-refractivity contribution in [2.45, 2.75) is 13.8 Å². The molecule has 0 fully saturated rings. The van der Waals surface area contributed by atoms with Crippen molar-refractivity contribution in [3.05, 3.63) is 23.8 Å². The summed E-state index contributed by atoms with van der Waals surface area (Å²) >= 11 is 0. The highest BCUT2D eigenvalue weighted by Gasteiger charge is 1.88. The molecule has 0 aromatic heterocycles. The fraction of sp³-hybridized carbons (Fsp3) is 0.556. The number of allylic oxidation sites excluding steroid dienone is 3. The minimum Gasteiger partial charge on any atom is -0.305 e. The summed E-state index contributed by atoms with van der Waals surface area (Å²) < 4.78 is 0. The molecule has 0 heterocycles. The lowest BCUT2D eigenvalue weighted by atomic mass is 10.2. The van der Waals surface area contributed by atoms with Crippen LogP contribution in [0.2, 0.25) is 0 Å². The highest BCUT2D eigenvalue weighted by atomic mass is 15.0. The summed E-state index contributed by atoms with van der Waals surface area (Å²) in [5, 5.41) is 0. The van der Waals surface area contributed by atoms with Gasteiger partial charge in [0.2, 0.25) is 0 Å². The third-order valence-corrected chi connectivity index (χ3v) is 1.14. The van der Waals surface area contributed by atoms with E-state index in [0.717, 1.165) is 6.54 Å².